The third kappa shape index (κ3) is 4.64. The minimum atomic E-state index is -0.754. The quantitative estimate of drug-likeness (QED) is 0.651. The molecule has 0 rings (SSSR count). The molecule has 0 radical (unpaired) electrons. The third-order valence-corrected chi connectivity index (χ3v) is 3.68. The first kappa shape index (κ1) is 16.4. The lowest BCUT2D eigenvalue weighted by atomic mass is 9.90. The number of carbonyl (C=O) groups is 1. The van der Waals surface area contributed by atoms with E-state index in [1.54, 1.807) is 7.05 Å². The molecule has 0 amide bonds. The number of likely N-dealkylation sites (N-methyl/N-ethyl adjacent to an activating group) is 1. The van der Waals surface area contributed by atoms with Gasteiger partial charge in [-0.1, -0.05) is 13.8 Å². The van der Waals surface area contributed by atoms with Gasteiger partial charge in [0.05, 0.1) is 0 Å². The lowest BCUT2D eigenvalue weighted by Crippen LogP contribution is -2.50. The van der Waals surface area contributed by atoms with Gasteiger partial charge in [0.1, 0.15) is 5.54 Å². The number of carboxylic acids is 1. The van der Waals surface area contributed by atoms with Crippen LogP contribution >= 0.6 is 0 Å². The number of hydrogen-bond acceptors (Lipinski definition) is 3. The highest BCUT2D eigenvalue weighted by Crippen LogP contribution is 2.18. The molecule has 0 saturated heterocycles. The molecular formula is C13H28N2O2. The zero-order valence-electron chi connectivity index (χ0n) is 11.9. The summed E-state index contributed by atoms with van der Waals surface area (Å²) in [5.74, 6) is -0.741. The van der Waals surface area contributed by atoms with Crippen LogP contribution in [-0.2, 0) is 4.79 Å². The van der Waals surface area contributed by atoms with Gasteiger partial charge >= 0.3 is 5.97 Å². The SMILES string of the molecule is CCN(CCCC(CC)(NC)C(=O)O)C(C)C. The molecule has 1 atom stereocenters. The van der Waals surface area contributed by atoms with E-state index >= 15 is 0 Å². The van der Waals surface area contributed by atoms with Crippen LogP contribution in [0.25, 0.3) is 0 Å². The zero-order chi connectivity index (χ0) is 13.5. The molecule has 0 aliphatic rings. The Morgan fingerprint density at radius 1 is 1.41 bits per heavy atom. The van der Waals surface area contributed by atoms with Crippen LogP contribution in [-0.4, -0.2) is 47.7 Å². The Balaban J connectivity index is 4.28. The first-order valence-electron chi connectivity index (χ1n) is 6.59. The van der Waals surface area contributed by atoms with Crippen molar-refractivity contribution in [2.45, 2.75) is 58.5 Å². The molecule has 4 heteroatoms. The topological polar surface area (TPSA) is 52.6 Å². The summed E-state index contributed by atoms with van der Waals surface area (Å²) in [4.78, 5) is 13.6. The molecule has 0 aromatic heterocycles. The Morgan fingerprint density at radius 3 is 2.29 bits per heavy atom. The van der Waals surface area contributed by atoms with Gasteiger partial charge < -0.3 is 15.3 Å². The van der Waals surface area contributed by atoms with Gasteiger partial charge in [-0.3, -0.25) is 4.79 Å². The number of nitrogens with zero attached hydrogens (tertiary/aromatic N) is 1. The van der Waals surface area contributed by atoms with Crippen molar-refractivity contribution in [3.63, 3.8) is 0 Å². The number of nitrogens with one attached hydrogen (secondary N) is 1. The van der Waals surface area contributed by atoms with Crippen molar-refractivity contribution in [1.29, 1.82) is 0 Å². The summed E-state index contributed by atoms with van der Waals surface area (Å²) in [6, 6.07) is 0.524. The molecule has 0 aromatic carbocycles. The second-order valence-corrected chi connectivity index (χ2v) is 4.82. The minimum absolute atomic E-state index is 0.524. The summed E-state index contributed by atoms with van der Waals surface area (Å²) in [7, 11) is 1.73. The molecule has 0 aromatic rings. The fourth-order valence-corrected chi connectivity index (χ4v) is 2.21. The van der Waals surface area contributed by atoms with Crippen LogP contribution in [0, 0.1) is 0 Å². The molecule has 0 heterocycles. The normalized spacial score (nSPS) is 15.2. The average Bonchev–Trinajstić information content (AvgIpc) is 2.29. The second-order valence-electron chi connectivity index (χ2n) is 4.82. The van der Waals surface area contributed by atoms with Gasteiger partial charge in [-0.15, -0.1) is 0 Å². The summed E-state index contributed by atoms with van der Waals surface area (Å²) in [5, 5.41) is 12.2. The standard InChI is InChI=1S/C13H28N2O2/c1-6-13(14-5,12(16)17)9-8-10-15(7-2)11(3)4/h11,14H,6-10H2,1-5H3,(H,16,17). The fraction of sp³-hybridized carbons (Fsp3) is 0.923. The van der Waals surface area contributed by atoms with E-state index < -0.39 is 11.5 Å². The molecule has 17 heavy (non-hydrogen) atoms. The fourth-order valence-electron chi connectivity index (χ4n) is 2.21. The van der Waals surface area contributed by atoms with E-state index in [9.17, 15) is 9.90 Å². The van der Waals surface area contributed by atoms with Crippen molar-refractivity contribution in [1.82, 2.24) is 10.2 Å². The lowest BCUT2D eigenvalue weighted by Gasteiger charge is -2.30. The van der Waals surface area contributed by atoms with E-state index in [4.69, 9.17) is 0 Å². The van der Waals surface area contributed by atoms with Crippen LogP contribution in [0.15, 0.2) is 0 Å². The maximum atomic E-state index is 11.3. The molecular weight excluding hydrogens is 216 g/mol. The summed E-state index contributed by atoms with van der Waals surface area (Å²) >= 11 is 0. The van der Waals surface area contributed by atoms with Crippen molar-refractivity contribution in [3.05, 3.63) is 0 Å². The predicted octanol–water partition coefficient (Wildman–Crippen LogP) is 1.95. The number of carboxylic acid groups (broad SMARTS) is 1. The van der Waals surface area contributed by atoms with Crippen molar-refractivity contribution in [2.24, 2.45) is 0 Å². The van der Waals surface area contributed by atoms with Crippen molar-refractivity contribution in [2.75, 3.05) is 20.1 Å². The molecule has 0 aliphatic carbocycles. The summed E-state index contributed by atoms with van der Waals surface area (Å²) < 4.78 is 0. The molecule has 4 nitrogen and oxygen atoms in total. The van der Waals surface area contributed by atoms with Crippen LogP contribution in [0.3, 0.4) is 0 Å². The van der Waals surface area contributed by atoms with Gasteiger partial charge in [0.15, 0.2) is 0 Å². The van der Waals surface area contributed by atoms with Crippen LogP contribution in [0.5, 0.6) is 0 Å². The number of hydrogen-bond donors (Lipinski definition) is 2. The highest BCUT2D eigenvalue weighted by Gasteiger charge is 2.34. The number of rotatable bonds is 9. The second kappa shape index (κ2) is 7.67. The molecule has 0 fully saturated rings. The maximum Gasteiger partial charge on any atom is 0.323 e. The Hall–Kier alpha value is -0.610. The van der Waals surface area contributed by atoms with Gasteiger partial charge in [-0.25, -0.2) is 0 Å². The molecule has 2 N–H and O–H groups in total. The monoisotopic (exact) mass is 244 g/mol. The molecule has 0 spiro atoms. The number of aliphatic carboxylic acids is 1. The first-order chi connectivity index (χ1) is 7.93. The summed E-state index contributed by atoms with van der Waals surface area (Å²) in [6.45, 7) is 10.4. The van der Waals surface area contributed by atoms with Crippen LogP contribution in [0.4, 0.5) is 0 Å². The van der Waals surface area contributed by atoms with Gasteiger partial charge in [-0.05, 0) is 53.2 Å². The van der Waals surface area contributed by atoms with Crippen LogP contribution in [0.1, 0.15) is 47.0 Å². The van der Waals surface area contributed by atoms with Crippen molar-refractivity contribution >= 4 is 5.97 Å². The predicted molar refractivity (Wildman–Crippen MR) is 71.3 cm³/mol. The smallest absolute Gasteiger partial charge is 0.323 e. The van der Waals surface area contributed by atoms with E-state index in [-0.39, 0.29) is 0 Å². The highest BCUT2D eigenvalue weighted by molar-refractivity contribution is 5.78. The van der Waals surface area contributed by atoms with Crippen molar-refractivity contribution in [3.8, 4) is 0 Å². The molecule has 0 aliphatic heterocycles. The minimum Gasteiger partial charge on any atom is -0.480 e. The van der Waals surface area contributed by atoms with E-state index in [1.807, 2.05) is 6.92 Å². The summed E-state index contributed by atoms with van der Waals surface area (Å²) in [5.41, 5.74) is -0.754. The molecule has 0 saturated carbocycles. The maximum absolute atomic E-state index is 11.3. The third-order valence-electron chi connectivity index (χ3n) is 3.68. The zero-order valence-corrected chi connectivity index (χ0v) is 11.9. The Labute approximate surface area is 105 Å². The van der Waals surface area contributed by atoms with Gasteiger partial charge in [0.2, 0.25) is 0 Å². The summed E-state index contributed by atoms with van der Waals surface area (Å²) in [6.07, 6.45) is 2.21. The van der Waals surface area contributed by atoms with Gasteiger partial charge in [-0.2, -0.15) is 0 Å². The van der Waals surface area contributed by atoms with Crippen LogP contribution in [0.2, 0.25) is 0 Å². The Kier molecular flexibility index (Phi) is 7.39. The molecule has 1 unspecified atom stereocenters. The Bertz CT molecular complexity index is 225. The van der Waals surface area contributed by atoms with Gasteiger partial charge in [0.25, 0.3) is 0 Å². The van der Waals surface area contributed by atoms with Gasteiger partial charge in [0, 0.05) is 6.04 Å². The molecule has 102 valence electrons. The average molecular weight is 244 g/mol. The van der Waals surface area contributed by atoms with E-state index in [2.05, 4.69) is 31.0 Å². The van der Waals surface area contributed by atoms with E-state index in [1.165, 1.54) is 0 Å². The van der Waals surface area contributed by atoms with Crippen molar-refractivity contribution < 1.29 is 9.90 Å². The lowest BCUT2D eigenvalue weighted by molar-refractivity contribution is -0.145. The Morgan fingerprint density at radius 2 is 2.00 bits per heavy atom. The first-order valence-corrected chi connectivity index (χ1v) is 6.59. The largest absolute Gasteiger partial charge is 0.480 e. The van der Waals surface area contributed by atoms with E-state index in [0.717, 1.165) is 19.5 Å². The molecule has 0 bridgehead atoms. The van der Waals surface area contributed by atoms with Crippen LogP contribution < -0.4 is 5.32 Å². The highest BCUT2D eigenvalue weighted by atomic mass is 16.4. The van der Waals surface area contributed by atoms with E-state index in [0.29, 0.717) is 18.9 Å².